The van der Waals surface area contributed by atoms with Crippen LogP contribution in [-0.2, 0) is 4.79 Å². The largest absolute Gasteiger partial charge is 0.323 e. The average molecular weight is 650 g/mol. The van der Waals surface area contributed by atoms with Gasteiger partial charge in [-0.15, -0.1) is 5.10 Å². The van der Waals surface area contributed by atoms with Gasteiger partial charge in [-0.05, 0) is 56.0 Å². The summed E-state index contributed by atoms with van der Waals surface area (Å²) in [4.78, 5) is 31.8. The Kier molecular flexibility index (Phi) is 7.52. The van der Waals surface area contributed by atoms with E-state index in [-0.39, 0.29) is 22.5 Å². The van der Waals surface area contributed by atoms with Crippen molar-refractivity contribution in [3.05, 3.63) is 92.4 Å². The van der Waals surface area contributed by atoms with Gasteiger partial charge >= 0.3 is 0 Å². The first-order chi connectivity index (χ1) is 21.3. The molecule has 1 N–H and O–H groups in total. The lowest BCUT2D eigenvalue weighted by Gasteiger charge is -2.23. The number of fused-ring (bicyclic) bond motifs is 4. The molecule has 2 atom stereocenters. The highest BCUT2D eigenvalue weighted by Gasteiger charge is 2.30. The summed E-state index contributed by atoms with van der Waals surface area (Å²) < 4.78 is 5.13. The Bertz CT molecular complexity index is 1960. The van der Waals surface area contributed by atoms with E-state index in [9.17, 15) is 9.59 Å². The smallest absolute Gasteiger partial charge is 0.251 e. The van der Waals surface area contributed by atoms with Gasteiger partial charge in [0.15, 0.2) is 5.15 Å². The molecule has 1 aromatic carbocycles. The second-order valence-corrected chi connectivity index (χ2v) is 12.5. The number of benzene rings is 1. The Morgan fingerprint density at radius 1 is 0.955 bits per heavy atom. The van der Waals surface area contributed by atoms with E-state index in [4.69, 9.17) is 39.8 Å². The molecule has 2 aliphatic rings. The first-order valence-corrected chi connectivity index (χ1v) is 15.5. The average Bonchev–Trinajstić information content (AvgIpc) is 3.63. The lowest BCUT2D eigenvalue weighted by Crippen LogP contribution is -2.26. The van der Waals surface area contributed by atoms with Gasteiger partial charge in [-0.3, -0.25) is 19.3 Å². The van der Waals surface area contributed by atoms with Crippen molar-refractivity contribution in [2.24, 2.45) is 5.92 Å². The summed E-state index contributed by atoms with van der Waals surface area (Å²) in [7, 11) is 0. The molecule has 44 heavy (non-hydrogen) atoms. The van der Waals surface area contributed by atoms with E-state index in [2.05, 4.69) is 20.7 Å². The van der Waals surface area contributed by atoms with Crippen LogP contribution in [0.3, 0.4) is 0 Å². The van der Waals surface area contributed by atoms with Gasteiger partial charge < -0.3 is 9.88 Å². The summed E-state index contributed by atoms with van der Waals surface area (Å²) in [6.45, 7) is 1.92. The number of hydrogen-bond acceptors (Lipinski definition) is 6. The molecule has 0 radical (unpaired) electrons. The van der Waals surface area contributed by atoms with Crippen LogP contribution in [0.15, 0.2) is 66.0 Å². The standard InChI is InChI=1S/C31H27Cl3N8O2/c1-17-3-2-4-27(24-11-18(9-10-35-24)30-25(37-31(17)44)14-36-42(30)20-6-7-20)40-15-23(33)21(13-29(40)43)22-12-19(32)5-8-26(22)41-16-28(34)38-39-41/h5,8-17,20,27H,2-4,6-7H2,1H3,(H,37,44)/t17-,27+/m1/s1. The van der Waals surface area contributed by atoms with Gasteiger partial charge in [0.2, 0.25) is 5.91 Å². The van der Waals surface area contributed by atoms with Crippen molar-refractivity contribution in [1.29, 1.82) is 0 Å². The minimum absolute atomic E-state index is 0.0523. The Balaban J connectivity index is 1.34. The zero-order valence-electron chi connectivity index (χ0n) is 23.6. The molecule has 13 heteroatoms. The molecule has 4 aromatic heterocycles. The molecule has 5 aromatic rings. The van der Waals surface area contributed by atoms with Gasteiger partial charge in [-0.1, -0.05) is 53.4 Å². The van der Waals surface area contributed by atoms with E-state index in [1.165, 1.54) is 10.7 Å². The zero-order chi connectivity index (χ0) is 30.5. The molecule has 7 rings (SSSR count). The molecule has 10 nitrogen and oxygen atoms in total. The van der Waals surface area contributed by atoms with Crippen molar-refractivity contribution >= 4 is 46.4 Å². The van der Waals surface area contributed by atoms with Gasteiger partial charge in [0.25, 0.3) is 5.56 Å². The van der Waals surface area contributed by atoms with E-state index in [0.717, 1.165) is 29.8 Å². The van der Waals surface area contributed by atoms with Crippen LogP contribution in [-0.4, -0.2) is 40.2 Å². The second kappa shape index (κ2) is 11.5. The number of nitrogens with one attached hydrogen (secondary N) is 1. The molecular weight excluding hydrogens is 623 g/mol. The molecule has 1 fully saturated rings. The van der Waals surface area contributed by atoms with Crippen LogP contribution in [0.5, 0.6) is 0 Å². The van der Waals surface area contributed by atoms with Crippen LogP contribution in [0.25, 0.3) is 28.1 Å². The Hall–Kier alpha value is -3.99. The number of carbonyl (C=O) groups excluding carboxylic acids is 1. The number of aromatic nitrogens is 7. The van der Waals surface area contributed by atoms with Crippen molar-refractivity contribution < 1.29 is 4.79 Å². The first kappa shape index (κ1) is 28.8. The summed E-state index contributed by atoms with van der Waals surface area (Å²) in [5.41, 5.74) is 4.58. The van der Waals surface area contributed by atoms with Crippen LogP contribution in [0.1, 0.15) is 56.8 Å². The molecule has 1 amide bonds. The number of amides is 1. The molecule has 1 aliphatic heterocycles. The first-order valence-electron chi connectivity index (χ1n) is 14.4. The minimum atomic E-state index is -0.419. The molecule has 1 aliphatic carbocycles. The van der Waals surface area contributed by atoms with Crippen molar-refractivity contribution in [2.45, 2.75) is 51.1 Å². The highest BCUT2D eigenvalue weighted by atomic mass is 35.5. The topological polar surface area (TPSA) is 113 Å². The van der Waals surface area contributed by atoms with Gasteiger partial charge in [0.1, 0.15) is 0 Å². The number of anilines is 1. The number of hydrogen-bond donors (Lipinski definition) is 1. The van der Waals surface area contributed by atoms with Crippen LogP contribution in [0.4, 0.5) is 5.69 Å². The van der Waals surface area contributed by atoms with Crippen molar-refractivity contribution in [2.75, 3.05) is 5.32 Å². The molecule has 1 saturated carbocycles. The SMILES string of the molecule is C[C@@H]1CCC[C@H](n2cc(Cl)c(-c3cc(Cl)ccc3-n3cc(Cl)nn3)cc2=O)c2cc(ccn2)-c2c(cnn2C2CC2)NC1=O. The molecule has 0 unspecified atom stereocenters. The predicted octanol–water partition coefficient (Wildman–Crippen LogP) is 7.00. The highest BCUT2D eigenvalue weighted by Crippen LogP contribution is 2.42. The maximum atomic E-state index is 13.9. The number of carbonyl (C=O) groups is 1. The van der Waals surface area contributed by atoms with E-state index in [0.29, 0.717) is 57.9 Å². The molecule has 5 heterocycles. The summed E-state index contributed by atoms with van der Waals surface area (Å²) in [6.07, 6.45) is 10.7. The molecular formula is C31H27Cl3N8O2. The Labute approximate surface area is 267 Å². The van der Waals surface area contributed by atoms with Gasteiger partial charge in [0, 0.05) is 46.1 Å². The summed E-state index contributed by atoms with van der Waals surface area (Å²) in [5.74, 6) is -0.281. The van der Waals surface area contributed by atoms with Crippen LogP contribution in [0, 0.1) is 5.92 Å². The maximum absolute atomic E-state index is 13.9. The van der Waals surface area contributed by atoms with Crippen molar-refractivity contribution in [3.8, 4) is 28.1 Å². The lowest BCUT2D eigenvalue weighted by atomic mass is 9.96. The van der Waals surface area contributed by atoms with E-state index in [1.54, 1.807) is 47.6 Å². The number of pyridine rings is 2. The minimum Gasteiger partial charge on any atom is -0.323 e. The van der Waals surface area contributed by atoms with Gasteiger partial charge in [-0.2, -0.15) is 5.10 Å². The fourth-order valence-electron chi connectivity index (χ4n) is 5.81. The molecule has 0 saturated heterocycles. The van der Waals surface area contributed by atoms with E-state index in [1.807, 2.05) is 23.7 Å². The normalized spacial score (nSPS) is 18.7. The van der Waals surface area contributed by atoms with E-state index < -0.39 is 6.04 Å². The number of halogens is 3. The molecule has 0 spiro atoms. The number of rotatable bonds is 4. The quantitative estimate of drug-likeness (QED) is 0.224. The third-order valence-electron chi connectivity index (χ3n) is 8.23. The van der Waals surface area contributed by atoms with Crippen molar-refractivity contribution in [1.82, 2.24) is 34.3 Å². The molecule has 2 bridgehead atoms. The van der Waals surface area contributed by atoms with Crippen molar-refractivity contribution in [3.63, 3.8) is 0 Å². The van der Waals surface area contributed by atoms with Gasteiger partial charge in [0.05, 0.1) is 52.3 Å². The monoisotopic (exact) mass is 648 g/mol. The van der Waals surface area contributed by atoms with Crippen LogP contribution in [0.2, 0.25) is 15.2 Å². The second-order valence-electron chi connectivity index (χ2n) is 11.3. The Morgan fingerprint density at radius 2 is 1.80 bits per heavy atom. The summed E-state index contributed by atoms with van der Waals surface area (Å²) >= 11 is 19.3. The van der Waals surface area contributed by atoms with E-state index >= 15 is 0 Å². The number of nitrogens with zero attached hydrogens (tertiary/aromatic N) is 7. The maximum Gasteiger partial charge on any atom is 0.251 e. The lowest BCUT2D eigenvalue weighted by molar-refractivity contribution is -0.119. The third-order valence-corrected chi connectivity index (χ3v) is 8.94. The van der Waals surface area contributed by atoms with Crippen LogP contribution >= 0.6 is 34.8 Å². The fourth-order valence-corrected chi connectivity index (χ4v) is 6.37. The van der Waals surface area contributed by atoms with Gasteiger partial charge in [-0.25, -0.2) is 4.68 Å². The third kappa shape index (κ3) is 5.42. The highest BCUT2D eigenvalue weighted by molar-refractivity contribution is 6.34. The summed E-state index contributed by atoms with van der Waals surface area (Å²) in [6, 6.07) is 10.5. The molecule has 224 valence electrons. The fraction of sp³-hybridized carbons (Fsp3) is 0.290. The zero-order valence-corrected chi connectivity index (χ0v) is 25.9. The summed E-state index contributed by atoms with van der Waals surface area (Å²) in [5, 5.41) is 16.7. The predicted molar refractivity (Wildman–Crippen MR) is 170 cm³/mol. The van der Waals surface area contributed by atoms with Crippen LogP contribution < -0.4 is 10.9 Å². The Morgan fingerprint density at radius 3 is 2.57 bits per heavy atom.